The van der Waals surface area contributed by atoms with Crippen molar-refractivity contribution in [2.24, 2.45) is 0 Å². The zero-order valence-corrected chi connectivity index (χ0v) is 12.2. The van der Waals surface area contributed by atoms with Gasteiger partial charge in [0.1, 0.15) is 5.69 Å². The van der Waals surface area contributed by atoms with Crippen LogP contribution < -0.4 is 0 Å². The highest BCUT2D eigenvalue weighted by atomic mass is 16.4. The molecule has 2 aromatic heterocycles. The number of hydrogen-bond donors (Lipinski definition) is 1. The molecule has 0 atom stereocenters. The first-order chi connectivity index (χ1) is 10.6. The summed E-state index contributed by atoms with van der Waals surface area (Å²) < 4.78 is 1.57. The van der Waals surface area contributed by atoms with Gasteiger partial charge in [-0.15, -0.1) is 5.10 Å². The molecule has 22 heavy (non-hydrogen) atoms. The zero-order valence-electron chi connectivity index (χ0n) is 12.2. The van der Waals surface area contributed by atoms with Gasteiger partial charge in [-0.05, 0) is 43.2 Å². The van der Waals surface area contributed by atoms with Crippen LogP contribution in [-0.2, 0) is 0 Å². The molecule has 0 aliphatic carbocycles. The van der Waals surface area contributed by atoms with Crippen LogP contribution in [0.4, 0.5) is 0 Å². The van der Waals surface area contributed by atoms with E-state index in [4.69, 9.17) is 0 Å². The molecule has 0 saturated heterocycles. The van der Waals surface area contributed by atoms with E-state index in [1.54, 1.807) is 29.2 Å². The second-order valence-electron chi connectivity index (χ2n) is 5.03. The lowest BCUT2D eigenvalue weighted by molar-refractivity contribution is 0.0691. The molecule has 0 radical (unpaired) electrons. The van der Waals surface area contributed by atoms with Crippen molar-refractivity contribution in [2.45, 2.75) is 13.8 Å². The smallest absolute Gasteiger partial charge is 0.358 e. The first-order valence-electron chi connectivity index (χ1n) is 6.75. The monoisotopic (exact) mass is 294 g/mol. The van der Waals surface area contributed by atoms with Gasteiger partial charge in [-0.3, -0.25) is 4.98 Å². The van der Waals surface area contributed by atoms with Gasteiger partial charge in [-0.1, -0.05) is 17.3 Å². The van der Waals surface area contributed by atoms with Crippen LogP contribution in [-0.4, -0.2) is 31.1 Å². The molecule has 1 N–H and O–H groups in total. The van der Waals surface area contributed by atoms with Crippen LogP contribution in [0.15, 0.2) is 42.7 Å². The SMILES string of the molecule is Cc1ccc(C)c(-n2nnc(C(=O)O)c2-c2ccncc2)c1. The standard InChI is InChI=1S/C16H14N4O2/c1-10-3-4-11(2)13(9-10)20-15(12-5-7-17-8-6-12)14(16(21)22)18-19-20/h3-9H,1-2H3,(H,21,22). The van der Waals surface area contributed by atoms with Gasteiger partial charge in [0.15, 0.2) is 5.69 Å². The Kier molecular flexibility index (Phi) is 3.42. The molecule has 3 rings (SSSR count). The van der Waals surface area contributed by atoms with Crippen molar-refractivity contribution in [1.82, 2.24) is 20.0 Å². The van der Waals surface area contributed by atoms with E-state index in [1.807, 2.05) is 32.0 Å². The average Bonchev–Trinajstić information content (AvgIpc) is 2.95. The maximum Gasteiger partial charge on any atom is 0.358 e. The number of aromatic nitrogens is 4. The fourth-order valence-electron chi connectivity index (χ4n) is 2.31. The molecule has 0 unspecified atom stereocenters. The molecule has 6 nitrogen and oxygen atoms in total. The predicted octanol–water partition coefficient (Wildman–Crippen LogP) is 2.64. The fraction of sp³-hybridized carbons (Fsp3) is 0.125. The first kappa shape index (κ1) is 13.9. The zero-order chi connectivity index (χ0) is 15.7. The molecule has 0 bridgehead atoms. The molecule has 0 aliphatic heterocycles. The van der Waals surface area contributed by atoms with Crippen LogP contribution in [0, 0.1) is 13.8 Å². The van der Waals surface area contributed by atoms with Gasteiger partial charge in [0, 0.05) is 18.0 Å². The Hall–Kier alpha value is -3.02. The number of benzene rings is 1. The third-order valence-electron chi connectivity index (χ3n) is 3.42. The number of carboxylic acid groups (broad SMARTS) is 1. The summed E-state index contributed by atoms with van der Waals surface area (Å²) in [7, 11) is 0. The third-order valence-corrected chi connectivity index (χ3v) is 3.42. The Bertz CT molecular complexity index is 841. The first-order valence-corrected chi connectivity index (χ1v) is 6.75. The van der Waals surface area contributed by atoms with Crippen LogP contribution in [0.2, 0.25) is 0 Å². The summed E-state index contributed by atoms with van der Waals surface area (Å²) >= 11 is 0. The highest BCUT2D eigenvalue weighted by Gasteiger charge is 2.22. The number of aryl methyl sites for hydroxylation is 2. The fourth-order valence-corrected chi connectivity index (χ4v) is 2.31. The van der Waals surface area contributed by atoms with Crippen LogP contribution >= 0.6 is 0 Å². The van der Waals surface area contributed by atoms with Gasteiger partial charge < -0.3 is 5.11 Å². The van der Waals surface area contributed by atoms with E-state index in [-0.39, 0.29) is 5.69 Å². The number of aromatic carboxylic acids is 1. The lowest BCUT2D eigenvalue weighted by Gasteiger charge is -2.10. The maximum absolute atomic E-state index is 11.5. The second-order valence-corrected chi connectivity index (χ2v) is 5.03. The van der Waals surface area contributed by atoms with Gasteiger partial charge in [-0.25, -0.2) is 9.48 Å². The highest BCUT2D eigenvalue weighted by molar-refractivity contribution is 5.93. The summed E-state index contributed by atoms with van der Waals surface area (Å²) in [6.07, 6.45) is 3.23. The Labute approximate surface area is 127 Å². The summed E-state index contributed by atoms with van der Waals surface area (Å²) in [6.45, 7) is 3.93. The minimum Gasteiger partial charge on any atom is -0.476 e. The van der Waals surface area contributed by atoms with Crippen molar-refractivity contribution >= 4 is 5.97 Å². The van der Waals surface area contributed by atoms with Gasteiger partial charge in [0.2, 0.25) is 0 Å². The van der Waals surface area contributed by atoms with Crippen LogP contribution in [0.1, 0.15) is 21.6 Å². The molecule has 3 aromatic rings. The van der Waals surface area contributed by atoms with Gasteiger partial charge in [-0.2, -0.15) is 0 Å². The summed E-state index contributed by atoms with van der Waals surface area (Å²) in [6, 6.07) is 9.42. The molecule has 6 heteroatoms. The van der Waals surface area contributed by atoms with Crippen molar-refractivity contribution < 1.29 is 9.90 Å². The normalized spacial score (nSPS) is 10.6. The quantitative estimate of drug-likeness (QED) is 0.803. The summed E-state index contributed by atoms with van der Waals surface area (Å²) in [5.74, 6) is -1.11. The highest BCUT2D eigenvalue weighted by Crippen LogP contribution is 2.26. The molecule has 2 heterocycles. The van der Waals surface area contributed by atoms with E-state index in [9.17, 15) is 9.90 Å². The third kappa shape index (κ3) is 2.35. The van der Waals surface area contributed by atoms with Gasteiger partial charge in [0.05, 0.1) is 5.69 Å². The Morgan fingerprint density at radius 3 is 2.55 bits per heavy atom. The number of carboxylic acids is 1. The van der Waals surface area contributed by atoms with E-state index < -0.39 is 5.97 Å². The number of pyridine rings is 1. The summed E-state index contributed by atoms with van der Waals surface area (Å²) in [4.78, 5) is 15.4. The minimum atomic E-state index is -1.11. The van der Waals surface area contributed by atoms with Crippen molar-refractivity contribution in [3.8, 4) is 16.9 Å². The lowest BCUT2D eigenvalue weighted by atomic mass is 10.1. The number of carbonyl (C=O) groups is 1. The van der Waals surface area contributed by atoms with Crippen molar-refractivity contribution in [3.05, 3.63) is 59.5 Å². The summed E-state index contributed by atoms with van der Waals surface area (Å²) in [5, 5.41) is 17.3. The van der Waals surface area contributed by atoms with E-state index in [1.165, 1.54) is 0 Å². The second kappa shape index (κ2) is 5.40. The van der Waals surface area contributed by atoms with E-state index in [0.717, 1.165) is 16.8 Å². The predicted molar refractivity (Wildman–Crippen MR) is 81.0 cm³/mol. The van der Waals surface area contributed by atoms with Gasteiger partial charge in [0.25, 0.3) is 0 Å². The van der Waals surface area contributed by atoms with Crippen LogP contribution in [0.25, 0.3) is 16.9 Å². The van der Waals surface area contributed by atoms with Crippen LogP contribution in [0.5, 0.6) is 0 Å². The molecule has 1 aromatic carbocycles. The Morgan fingerprint density at radius 1 is 1.14 bits per heavy atom. The lowest BCUT2D eigenvalue weighted by Crippen LogP contribution is -2.05. The number of nitrogens with zero attached hydrogens (tertiary/aromatic N) is 4. The maximum atomic E-state index is 11.5. The molecular weight excluding hydrogens is 280 g/mol. The van der Waals surface area contributed by atoms with E-state index in [2.05, 4.69) is 15.3 Å². The topological polar surface area (TPSA) is 80.9 Å². The van der Waals surface area contributed by atoms with Crippen LogP contribution in [0.3, 0.4) is 0 Å². The average molecular weight is 294 g/mol. The van der Waals surface area contributed by atoms with Gasteiger partial charge >= 0.3 is 5.97 Å². The molecule has 0 spiro atoms. The molecule has 0 saturated carbocycles. The molecule has 110 valence electrons. The van der Waals surface area contributed by atoms with E-state index >= 15 is 0 Å². The summed E-state index contributed by atoms with van der Waals surface area (Å²) in [5.41, 5.74) is 3.94. The number of rotatable bonds is 3. The molecular formula is C16H14N4O2. The molecule has 0 amide bonds. The molecule has 0 fully saturated rings. The Morgan fingerprint density at radius 2 is 1.86 bits per heavy atom. The van der Waals surface area contributed by atoms with Crippen molar-refractivity contribution in [3.63, 3.8) is 0 Å². The largest absolute Gasteiger partial charge is 0.476 e. The van der Waals surface area contributed by atoms with Crippen molar-refractivity contribution in [1.29, 1.82) is 0 Å². The van der Waals surface area contributed by atoms with Crippen molar-refractivity contribution in [2.75, 3.05) is 0 Å². The van der Waals surface area contributed by atoms with E-state index in [0.29, 0.717) is 11.3 Å². The number of hydrogen-bond acceptors (Lipinski definition) is 4. The minimum absolute atomic E-state index is 0.0768. The molecule has 0 aliphatic rings. The Balaban J connectivity index is 2.30.